The molecule has 1 aromatic rings. The molecule has 98 valence electrons. The fourth-order valence-electron chi connectivity index (χ4n) is 1.47. The van der Waals surface area contributed by atoms with Crippen molar-refractivity contribution in [2.45, 2.75) is 24.1 Å². The Hall–Kier alpha value is 0.0500. The van der Waals surface area contributed by atoms with Crippen LogP contribution in [0.1, 0.15) is 12.5 Å². The summed E-state index contributed by atoms with van der Waals surface area (Å²) in [6, 6.07) is 1.57. The van der Waals surface area contributed by atoms with Gasteiger partial charge in [-0.15, -0.1) is 11.3 Å². The molecular weight excluding hydrogens is 324 g/mol. The van der Waals surface area contributed by atoms with E-state index in [-0.39, 0.29) is 6.04 Å². The van der Waals surface area contributed by atoms with Crippen molar-refractivity contribution >= 4 is 37.3 Å². The van der Waals surface area contributed by atoms with Crippen molar-refractivity contribution in [3.05, 3.63) is 15.4 Å². The van der Waals surface area contributed by atoms with Gasteiger partial charge in [-0.05, 0) is 55.5 Å². The SMILES string of the molecule is Cc1cc(S(=O)(=O)NC(C)CN(C)C)sc1Br. The second-order valence-electron chi connectivity index (χ2n) is 4.31. The van der Waals surface area contributed by atoms with Crippen LogP contribution >= 0.6 is 27.3 Å². The molecule has 7 heteroatoms. The van der Waals surface area contributed by atoms with E-state index in [0.717, 1.165) is 9.35 Å². The fraction of sp³-hybridized carbons (Fsp3) is 0.600. The van der Waals surface area contributed by atoms with Gasteiger partial charge in [0.2, 0.25) is 10.0 Å². The molecule has 0 amide bonds. The molecule has 4 nitrogen and oxygen atoms in total. The molecule has 1 rings (SSSR count). The predicted octanol–water partition coefficient (Wildman–Crippen LogP) is 2.05. The van der Waals surface area contributed by atoms with Gasteiger partial charge in [-0.3, -0.25) is 0 Å². The Labute approximate surface area is 115 Å². The van der Waals surface area contributed by atoms with Gasteiger partial charge in [0.25, 0.3) is 0 Å². The molecule has 0 bridgehead atoms. The largest absolute Gasteiger partial charge is 0.308 e. The third-order valence-corrected chi connectivity index (χ3v) is 6.29. The van der Waals surface area contributed by atoms with Gasteiger partial charge < -0.3 is 4.90 Å². The third-order valence-electron chi connectivity index (χ3n) is 2.09. The quantitative estimate of drug-likeness (QED) is 0.892. The summed E-state index contributed by atoms with van der Waals surface area (Å²) in [4.78, 5) is 1.95. The molecule has 0 aliphatic rings. The summed E-state index contributed by atoms with van der Waals surface area (Å²) in [5.74, 6) is 0. The molecule has 1 aromatic heterocycles. The zero-order valence-corrected chi connectivity index (χ0v) is 13.5. The Morgan fingerprint density at radius 3 is 2.53 bits per heavy atom. The van der Waals surface area contributed by atoms with Crippen molar-refractivity contribution in [3.8, 4) is 0 Å². The molecule has 0 saturated carbocycles. The molecule has 1 unspecified atom stereocenters. The molecular formula is C10H17BrN2O2S2. The van der Waals surface area contributed by atoms with Crippen LogP contribution in [0.25, 0.3) is 0 Å². The summed E-state index contributed by atoms with van der Waals surface area (Å²) in [6.07, 6.45) is 0. The van der Waals surface area contributed by atoms with Crippen LogP contribution in [0, 0.1) is 6.92 Å². The minimum Gasteiger partial charge on any atom is -0.308 e. The smallest absolute Gasteiger partial charge is 0.250 e. The van der Waals surface area contributed by atoms with Crippen molar-refractivity contribution in [1.82, 2.24) is 9.62 Å². The standard InChI is InChI=1S/C10H17BrN2O2S2/c1-7-5-9(16-10(7)11)17(14,15)12-8(2)6-13(3)4/h5,8,12H,6H2,1-4H3. The van der Waals surface area contributed by atoms with Crippen LogP contribution in [0.15, 0.2) is 14.1 Å². The Morgan fingerprint density at radius 2 is 2.12 bits per heavy atom. The number of thiophene rings is 1. The van der Waals surface area contributed by atoms with Crippen LogP contribution in [-0.4, -0.2) is 40.0 Å². The molecule has 0 aromatic carbocycles. The highest BCUT2D eigenvalue weighted by Crippen LogP contribution is 2.30. The van der Waals surface area contributed by atoms with Crippen LogP contribution in [0.4, 0.5) is 0 Å². The van der Waals surface area contributed by atoms with Crippen molar-refractivity contribution in [2.75, 3.05) is 20.6 Å². The van der Waals surface area contributed by atoms with E-state index in [2.05, 4.69) is 20.7 Å². The van der Waals surface area contributed by atoms with Gasteiger partial charge in [0.1, 0.15) is 4.21 Å². The number of hydrogen-bond donors (Lipinski definition) is 1. The maximum Gasteiger partial charge on any atom is 0.250 e. The number of nitrogens with zero attached hydrogens (tertiary/aromatic N) is 1. The summed E-state index contributed by atoms with van der Waals surface area (Å²) < 4.78 is 28.0. The molecule has 1 atom stereocenters. The number of rotatable bonds is 5. The zero-order chi connectivity index (χ0) is 13.2. The first kappa shape index (κ1) is 15.1. The Bertz CT molecular complexity index is 463. The average Bonchev–Trinajstić information content (AvgIpc) is 2.44. The van der Waals surface area contributed by atoms with E-state index < -0.39 is 10.0 Å². The summed E-state index contributed by atoms with van der Waals surface area (Å²) in [5, 5.41) is 0. The van der Waals surface area contributed by atoms with Crippen molar-refractivity contribution in [3.63, 3.8) is 0 Å². The summed E-state index contributed by atoms with van der Waals surface area (Å²) >= 11 is 4.57. The molecule has 0 radical (unpaired) electrons. The predicted molar refractivity (Wildman–Crippen MR) is 75.1 cm³/mol. The first-order valence-corrected chi connectivity index (χ1v) is 8.24. The average molecular weight is 341 g/mol. The Kier molecular flexibility index (Phi) is 5.15. The third kappa shape index (κ3) is 4.33. The second-order valence-corrected chi connectivity index (χ2v) is 8.62. The first-order valence-electron chi connectivity index (χ1n) is 5.15. The highest BCUT2D eigenvalue weighted by Gasteiger charge is 2.20. The highest BCUT2D eigenvalue weighted by atomic mass is 79.9. The van der Waals surface area contributed by atoms with Gasteiger partial charge in [-0.1, -0.05) is 0 Å². The lowest BCUT2D eigenvalue weighted by atomic mass is 10.3. The van der Waals surface area contributed by atoms with E-state index in [1.165, 1.54) is 11.3 Å². The number of aryl methyl sites for hydroxylation is 1. The fourth-order valence-corrected chi connectivity index (χ4v) is 4.95. The molecule has 1 N–H and O–H groups in total. The highest BCUT2D eigenvalue weighted by molar-refractivity contribution is 9.11. The van der Waals surface area contributed by atoms with Crippen LogP contribution < -0.4 is 4.72 Å². The normalized spacial score (nSPS) is 14.2. The topological polar surface area (TPSA) is 49.4 Å². The lowest BCUT2D eigenvalue weighted by Gasteiger charge is -2.17. The molecule has 0 spiro atoms. The zero-order valence-electron chi connectivity index (χ0n) is 10.3. The maximum absolute atomic E-state index is 12.0. The lowest BCUT2D eigenvalue weighted by Crippen LogP contribution is -2.39. The number of halogens is 1. The van der Waals surface area contributed by atoms with E-state index in [4.69, 9.17) is 0 Å². The number of hydrogen-bond acceptors (Lipinski definition) is 4. The van der Waals surface area contributed by atoms with Gasteiger partial charge in [0.05, 0.1) is 3.79 Å². The first-order chi connectivity index (χ1) is 7.72. The van der Waals surface area contributed by atoms with Crippen molar-refractivity contribution < 1.29 is 8.42 Å². The number of likely N-dealkylation sites (N-methyl/N-ethyl adjacent to an activating group) is 1. The lowest BCUT2D eigenvalue weighted by molar-refractivity contribution is 0.370. The van der Waals surface area contributed by atoms with E-state index in [9.17, 15) is 8.42 Å². The Morgan fingerprint density at radius 1 is 1.53 bits per heavy atom. The van der Waals surface area contributed by atoms with E-state index in [0.29, 0.717) is 10.8 Å². The number of nitrogens with one attached hydrogen (secondary N) is 1. The van der Waals surface area contributed by atoms with Crippen LogP contribution in [0.5, 0.6) is 0 Å². The summed E-state index contributed by atoms with van der Waals surface area (Å²) in [7, 11) is 0.432. The van der Waals surface area contributed by atoms with E-state index in [1.54, 1.807) is 6.07 Å². The minimum atomic E-state index is -3.39. The molecule has 0 aliphatic heterocycles. The number of sulfonamides is 1. The molecule has 1 heterocycles. The molecule has 17 heavy (non-hydrogen) atoms. The van der Waals surface area contributed by atoms with Gasteiger partial charge >= 0.3 is 0 Å². The molecule has 0 aliphatic carbocycles. The molecule has 0 fully saturated rings. The summed E-state index contributed by atoms with van der Waals surface area (Å²) in [6.45, 7) is 4.40. The van der Waals surface area contributed by atoms with Crippen LogP contribution in [0.3, 0.4) is 0 Å². The Balaban J connectivity index is 2.82. The van der Waals surface area contributed by atoms with E-state index in [1.807, 2.05) is 32.8 Å². The monoisotopic (exact) mass is 340 g/mol. The van der Waals surface area contributed by atoms with E-state index >= 15 is 0 Å². The van der Waals surface area contributed by atoms with Gasteiger partial charge in [-0.25, -0.2) is 13.1 Å². The van der Waals surface area contributed by atoms with Gasteiger partial charge in [0.15, 0.2) is 0 Å². The van der Waals surface area contributed by atoms with Crippen molar-refractivity contribution in [2.24, 2.45) is 0 Å². The molecule has 0 saturated heterocycles. The van der Waals surface area contributed by atoms with Gasteiger partial charge in [0, 0.05) is 12.6 Å². The van der Waals surface area contributed by atoms with Crippen molar-refractivity contribution in [1.29, 1.82) is 0 Å². The second kappa shape index (κ2) is 5.79. The maximum atomic E-state index is 12.0. The van der Waals surface area contributed by atoms with Gasteiger partial charge in [-0.2, -0.15) is 0 Å². The van der Waals surface area contributed by atoms with Crippen LogP contribution in [0.2, 0.25) is 0 Å². The summed E-state index contributed by atoms with van der Waals surface area (Å²) in [5.41, 5.74) is 0.940. The van der Waals surface area contributed by atoms with Crippen LogP contribution in [-0.2, 0) is 10.0 Å². The minimum absolute atomic E-state index is 0.115.